The van der Waals surface area contributed by atoms with Gasteiger partial charge in [-0.25, -0.2) is 4.98 Å². The van der Waals surface area contributed by atoms with Crippen molar-refractivity contribution in [1.82, 2.24) is 25.8 Å². The first-order chi connectivity index (χ1) is 14.7. The number of hydrogen-bond donors (Lipinski definition) is 3. The van der Waals surface area contributed by atoms with Crippen LogP contribution in [0.1, 0.15) is 44.9 Å². The van der Waals surface area contributed by atoms with Gasteiger partial charge in [0.25, 0.3) is 0 Å². The van der Waals surface area contributed by atoms with Crippen LogP contribution in [0.4, 0.5) is 0 Å². The van der Waals surface area contributed by atoms with Crippen LogP contribution < -0.4 is 15.4 Å². The molecule has 172 valence electrons. The van der Waals surface area contributed by atoms with E-state index >= 15 is 0 Å². The summed E-state index contributed by atoms with van der Waals surface area (Å²) >= 11 is 0. The largest absolute Gasteiger partial charge is 0.497 e. The number of guanidine groups is 1. The smallest absolute Gasteiger partial charge is 0.191 e. The van der Waals surface area contributed by atoms with E-state index in [-0.39, 0.29) is 24.0 Å². The molecule has 2 aromatic rings. The van der Waals surface area contributed by atoms with E-state index in [0.717, 1.165) is 49.3 Å². The maximum atomic E-state index is 5.61. The van der Waals surface area contributed by atoms with Gasteiger partial charge in [0, 0.05) is 32.4 Å². The average molecular weight is 542 g/mol. The molecule has 1 aliphatic carbocycles. The Morgan fingerprint density at radius 1 is 1.19 bits per heavy atom. The zero-order chi connectivity index (χ0) is 21.2. The Bertz CT molecular complexity index is 803. The Balaban J connectivity index is 0.00000341. The van der Waals surface area contributed by atoms with Crippen molar-refractivity contribution in [2.75, 3.05) is 33.9 Å². The Hall–Kier alpha value is -1.88. The Morgan fingerprint density at radius 3 is 2.58 bits per heavy atom. The number of nitrogens with zero attached hydrogens (tertiary/aromatic N) is 3. The summed E-state index contributed by atoms with van der Waals surface area (Å²) in [6, 6.07) is 7.70. The predicted octanol–water partition coefficient (Wildman–Crippen LogP) is 3.75. The zero-order valence-corrected chi connectivity index (χ0v) is 21.1. The SMILES string of the molecule is CCOCCC1(CNC(=NC)NCc2nc(-c3ccc(OC)cc3)n[nH]2)CCCC1.I. The molecule has 1 aromatic heterocycles. The first-order valence-electron chi connectivity index (χ1n) is 10.8. The molecular weight excluding hydrogens is 507 g/mol. The molecule has 0 radical (unpaired) electrons. The fourth-order valence-electron chi connectivity index (χ4n) is 3.98. The lowest BCUT2D eigenvalue weighted by molar-refractivity contribution is 0.105. The highest BCUT2D eigenvalue weighted by atomic mass is 127. The number of halogens is 1. The van der Waals surface area contributed by atoms with Crippen molar-refractivity contribution in [3.8, 4) is 17.1 Å². The van der Waals surface area contributed by atoms with Gasteiger partial charge in [0.1, 0.15) is 11.6 Å². The van der Waals surface area contributed by atoms with Crippen molar-refractivity contribution < 1.29 is 9.47 Å². The van der Waals surface area contributed by atoms with Crippen molar-refractivity contribution in [3.63, 3.8) is 0 Å². The Labute approximate surface area is 202 Å². The average Bonchev–Trinajstić information content (AvgIpc) is 3.44. The maximum Gasteiger partial charge on any atom is 0.191 e. The lowest BCUT2D eigenvalue weighted by Gasteiger charge is -2.30. The molecule has 31 heavy (non-hydrogen) atoms. The highest BCUT2D eigenvalue weighted by Crippen LogP contribution is 2.40. The number of aromatic amines is 1. The van der Waals surface area contributed by atoms with E-state index in [1.54, 1.807) is 14.2 Å². The number of rotatable bonds is 10. The molecule has 0 saturated heterocycles. The van der Waals surface area contributed by atoms with Crippen LogP contribution in [0.25, 0.3) is 11.4 Å². The van der Waals surface area contributed by atoms with E-state index in [2.05, 4.69) is 37.7 Å². The van der Waals surface area contributed by atoms with Crippen LogP contribution in [0.15, 0.2) is 29.3 Å². The minimum absolute atomic E-state index is 0. The molecule has 0 spiro atoms. The Kier molecular flexibility index (Phi) is 10.5. The fraction of sp³-hybridized carbons (Fsp3) is 0.591. The van der Waals surface area contributed by atoms with Gasteiger partial charge in [-0.1, -0.05) is 12.8 Å². The molecule has 8 nitrogen and oxygen atoms in total. The third kappa shape index (κ3) is 7.34. The lowest BCUT2D eigenvalue weighted by Crippen LogP contribution is -2.43. The van der Waals surface area contributed by atoms with Crippen LogP contribution in [0.2, 0.25) is 0 Å². The highest BCUT2D eigenvalue weighted by Gasteiger charge is 2.33. The number of methoxy groups -OCH3 is 1. The summed E-state index contributed by atoms with van der Waals surface area (Å²) in [4.78, 5) is 8.94. The van der Waals surface area contributed by atoms with Crippen LogP contribution in [-0.2, 0) is 11.3 Å². The number of hydrogen-bond acceptors (Lipinski definition) is 5. The highest BCUT2D eigenvalue weighted by molar-refractivity contribution is 14.0. The Morgan fingerprint density at radius 2 is 1.94 bits per heavy atom. The van der Waals surface area contributed by atoms with Crippen LogP contribution in [0.5, 0.6) is 5.75 Å². The third-order valence-electron chi connectivity index (χ3n) is 5.80. The van der Waals surface area contributed by atoms with Gasteiger partial charge in [0.15, 0.2) is 11.8 Å². The van der Waals surface area contributed by atoms with E-state index in [1.165, 1.54) is 25.7 Å². The lowest BCUT2D eigenvalue weighted by atomic mass is 9.83. The van der Waals surface area contributed by atoms with Crippen LogP contribution in [0, 0.1) is 5.41 Å². The van der Waals surface area contributed by atoms with Gasteiger partial charge in [-0.3, -0.25) is 10.1 Å². The van der Waals surface area contributed by atoms with Gasteiger partial charge in [0.05, 0.1) is 13.7 Å². The molecule has 0 bridgehead atoms. The molecule has 3 N–H and O–H groups in total. The second kappa shape index (κ2) is 12.8. The van der Waals surface area contributed by atoms with E-state index in [4.69, 9.17) is 9.47 Å². The second-order valence-corrected chi connectivity index (χ2v) is 7.77. The molecule has 0 atom stereocenters. The first kappa shape index (κ1) is 25.4. The summed E-state index contributed by atoms with van der Waals surface area (Å²) < 4.78 is 10.8. The molecule has 0 aliphatic heterocycles. The number of H-pyrrole nitrogens is 1. The van der Waals surface area contributed by atoms with Gasteiger partial charge in [-0.15, -0.1) is 24.0 Å². The summed E-state index contributed by atoms with van der Waals surface area (Å²) in [7, 11) is 3.44. The second-order valence-electron chi connectivity index (χ2n) is 7.77. The molecular formula is C22H35IN6O2. The summed E-state index contributed by atoms with van der Waals surface area (Å²) in [5.74, 6) is 3.02. The number of aromatic nitrogens is 3. The predicted molar refractivity (Wildman–Crippen MR) is 134 cm³/mol. The molecule has 3 rings (SSSR count). The molecule has 0 unspecified atom stereocenters. The molecule has 1 fully saturated rings. The summed E-state index contributed by atoms with van der Waals surface area (Å²) in [5, 5.41) is 14.2. The maximum absolute atomic E-state index is 5.61. The zero-order valence-electron chi connectivity index (χ0n) is 18.7. The normalized spacial score (nSPS) is 15.4. The number of benzene rings is 1. The summed E-state index contributed by atoms with van der Waals surface area (Å²) in [6.45, 7) is 5.09. The van der Waals surface area contributed by atoms with Crippen molar-refractivity contribution in [2.45, 2.75) is 45.6 Å². The standard InChI is InChI=1S/C22H34N6O2.HI/c1-4-30-14-13-22(11-5-6-12-22)16-25-21(23-2)24-15-19-26-20(28-27-19)17-7-9-18(29-3)10-8-17;/h7-10H,4-6,11-16H2,1-3H3,(H2,23,24,25)(H,26,27,28);1H. The minimum atomic E-state index is 0. The van der Waals surface area contributed by atoms with Crippen LogP contribution >= 0.6 is 24.0 Å². The quantitative estimate of drug-likeness (QED) is 0.183. The van der Waals surface area contributed by atoms with E-state index in [0.29, 0.717) is 17.8 Å². The van der Waals surface area contributed by atoms with Gasteiger partial charge < -0.3 is 20.1 Å². The first-order valence-corrected chi connectivity index (χ1v) is 10.8. The van der Waals surface area contributed by atoms with E-state index in [1.807, 2.05) is 24.3 Å². The molecule has 1 aliphatic rings. The molecule has 1 heterocycles. The summed E-state index contributed by atoms with van der Waals surface area (Å²) in [6.07, 6.45) is 6.19. The third-order valence-corrected chi connectivity index (χ3v) is 5.80. The van der Waals surface area contributed by atoms with Gasteiger partial charge >= 0.3 is 0 Å². The number of ether oxygens (including phenoxy) is 2. The van der Waals surface area contributed by atoms with Gasteiger partial charge in [-0.2, -0.15) is 5.10 Å². The molecule has 1 saturated carbocycles. The molecule has 9 heteroatoms. The van der Waals surface area contributed by atoms with Gasteiger partial charge in [-0.05, 0) is 55.9 Å². The molecule has 1 aromatic carbocycles. The van der Waals surface area contributed by atoms with Crippen LogP contribution in [0.3, 0.4) is 0 Å². The van der Waals surface area contributed by atoms with Gasteiger partial charge in [0.2, 0.25) is 0 Å². The number of nitrogens with one attached hydrogen (secondary N) is 3. The van der Waals surface area contributed by atoms with E-state index < -0.39 is 0 Å². The van der Waals surface area contributed by atoms with Crippen molar-refractivity contribution >= 4 is 29.9 Å². The number of aliphatic imine (C=N–C) groups is 1. The summed E-state index contributed by atoms with van der Waals surface area (Å²) in [5.41, 5.74) is 1.25. The van der Waals surface area contributed by atoms with E-state index in [9.17, 15) is 0 Å². The monoisotopic (exact) mass is 542 g/mol. The van der Waals surface area contributed by atoms with Crippen LogP contribution in [-0.4, -0.2) is 55.1 Å². The van der Waals surface area contributed by atoms with Crippen molar-refractivity contribution in [1.29, 1.82) is 0 Å². The van der Waals surface area contributed by atoms with Crippen molar-refractivity contribution in [3.05, 3.63) is 30.1 Å². The van der Waals surface area contributed by atoms with Crippen molar-refractivity contribution in [2.24, 2.45) is 10.4 Å². The fourth-order valence-corrected chi connectivity index (χ4v) is 3.98. The molecule has 0 amide bonds. The topological polar surface area (TPSA) is 96.4 Å². The minimum Gasteiger partial charge on any atom is -0.497 e.